The molecule has 0 aliphatic carbocycles. The van der Waals surface area contributed by atoms with Crippen molar-refractivity contribution in [3.05, 3.63) is 35.9 Å². The molecule has 0 aromatic heterocycles. The van der Waals surface area contributed by atoms with Crippen LogP contribution in [-0.4, -0.2) is 10.9 Å². The largest absolute Gasteiger partial charge is 0.411 e. The molecule has 0 unspecified atom stereocenters. The van der Waals surface area contributed by atoms with Crippen LogP contribution in [0, 0.1) is 5.41 Å². The summed E-state index contributed by atoms with van der Waals surface area (Å²) in [6.45, 7) is 6.38. The molecule has 76 valence electrons. The molecule has 0 heterocycles. The van der Waals surface area contributed by atoms with E-state index in [4.69, 9.17) is 5.21 Å². The summed E-state index contributed by atoms with van der Waals surface area (Å²) in [4.78, 5) is 0. The molecule has 0 atom stereocenters. The Bertz CT molecular complexity index is 309. The van der Waals surface area contributed by atoms with Crippen molar-refractivity contribution in [1.29, 1.82) is 0 Å². The Morgan fingerprint density at radius 2 is 1.79 bits per heavy atom. The van der Waals surface area contributed by atoms with E-state index < -0.39 is 0 Å². The molecule has 14 heavy (non-hydrogen) atoms. The third-order valence-electron chi connectivity index (χ3n) is 1.93. The van der Waals surface area contributed by atoms with Gasteiger partial charge >= 0.3 is 0 Å². The van der Waals surface area contributed by atoms with Crippen molar-refractivity contribution in [2.24, 2.45) is 10.6 Å². The Labute approximate surface area is 85.3 Å². The topological polar surface area (TPSA) is 32.6 Å². The lowest BCUT2D eigenvalue weighted by molar-refractivity contribution is 0.313. The minimum Gasteiger partial charge on any atom is -0.411 e. The predicted molar refractivity (Wildman–Crippen MR) is 58.8 cm³/mol. The van der Waals surface area contributed by atoms with Gasteiger partial charge in [-0.2, -0.15) is 0 Å². The summed E-state index contributed by atoms with van der Waals surface area (Å²) in [5.41, 5.74) is 1.88. The Kier molecular flexibility index (Phi) is 3.28. The zero-order valence-corrected chi connectivity index (χ0v) is 8.99. The third-order valence-corrected chi connectivity index (χ3v) is 1.93. The first-order valence-electron chi connectivity index (χ1n) is 4.79. The SMILES string of the molecule is CC(C)(C)C/C(=N\O)c1ccccc1. The summed E-state index contributed by atoms with van der Waals surface area (Å²) >= 11 is 0. The molecular formula is C12H17NO. The second kappa shape index (κ2) is 4.27. The number of nitrogens with zero attached hydrogens (tertiary/aromatic N) is 1. The Balaban J connectivity index is 2.85. The highest BCUT2D eigenvalue weighted by atomic mass is 16.4. The maximum Gasteiger partial charge on any atom is 0.0873 e. The van der Waals surface area contributed by atoms with Gasteiger partial charge in [-0.15, -0.1) is 0 Å². The van der Waals surface area contributed by atoms with Gasteiger partial charge in [-0.25, -0.2) is 0 Å². The Morgan fingerprint density at radius 1 is 1.21 bits per heavy atom. The fourth-order valence-corrected chi connectivity index (χ4v) is 1.33. The highest BCUT2D eigenvalue weighted by Crippen LogP contribution is 2.21. The molecule has 0 saturated carbocycles. The number of oxime groups is 1. The molecule has 1 rings (SSSR count). The van der Waals surface area contributed by atoms with Crippen LogP contribution in [0.4, 0.5) is 0 Å². The molecule has 1 aromatic rings. The van der Waals surface area contributed by atoms with Crippen LogP contribution in [0.2, 0.25) is 0 Å². The van der Waals surface area contributed by atoms with E-state index in [0.717, 1.165) is 17.7 Å². The summed E-state index contributed by atoms with van der Waals surface area (Å²) in [6.07, 6.45) is 0.771. The van der Waals surface area contributed by atoms with E-state index in [-0.39, 0.29) is 5.41 Å². The minimum absolute atomic E-state index is 0.136. The minimum atomic E-state index is 0.136. The van der Waals surface area contributed by atoms with E-state index in [1.165, 1.54) is 0 Å². The van der Waals surface area contributed by atoms with Gasteiger partial charge in [0, 0.05) is 0 Å². The highest BCUT2D eigenvalue weighted by Gasteiger charge is 2.15. The Morgan fingerprint density at radius 3 is 2.21 bits per heavy atom. The average molecular weight is 191 g/mol. The van der Waals surface area contributed by atoms with Gasteiger partial charge < -0.3 is 5.21 Å². The van der Waals surface area contributed by atoms with Crippen molar-refractivity contribution in [3.8, 4) is 0 Å². The van der Waals surface area contributed by atoms with Gasteiger partial charge in [0.1, 0.15) is 0 Å². The van der Waals surface area contributed by atoms with Gasteiger partial charge in [-0.3, -0.25) is 0 Å². The molecule has 0 saturated heterocycles. The van der Waals surface area contributed by atoms with Crippen molar-refractivity contribution >= 4 is 5.71 Å². The van der Waals surface area contributed by atoms with Gasteiger partial charge in [-0.05, 0) is 17.4 Å². The molecular weight excluding hydrogens is 174 g/mol. The summed E-state index contributed by atoms with van der Waals surface area (Å²) < 4.78 is 0. The van der Waals surface area contributed by atoms with Crippen LogP contribution in [0.3, 0.4) is 0 Å². The first-order chi connectivity index (χ1) is 6.53. The van der Waals surface area contributed by atoms with Crippen LogP contribution in [0.1, 0.15) is 32.8 Å². The van der Waals surface area contributed by atoms with E-state index in [9.17, 15) is 0 Å². The van der Waals surface area contributed by atoms with E-state index in [1.54, 1.807) is 0 Å². The zero-order valence-electron chi connectivity index (χ0n) is 8.99. The molecule has 0 spiro atoms. The van der Waals surface area contributed by atoms with E-state index in [0.29, 0.717) is 0 Å². The highest BCUT2D eigenvalue weighted by molar-refractivity contribution is 6.00. The molecule has 0 fully saturated rings. The lowest BCUT2D eigenvalue weighted by Gasteiger charge is -2.18. The summed E-state index contributed by atoms with van der Waals surface area (Å²) in [5, 5.41) is 12.3. The second-order valence-corrected chi connectivity index (χ2v) is 4.65. The van der Waals surface area contributed by atoms with Crippen LogP contribution in [0.5, 0.6) is 0 Å². The molecule has 0 bridgehead atoms. The second-order valence-electron chi connectivity index (χ2n) is 4.65. The maximum absolute atomic E-state index is 8.93. The molecule has 0 radical (unpaired) electrons. The first-order valence-corrected chi connectivity index (χ1v) is 4.79. The van der Waals surface area contributed by atoms with E-state index in [2.05, 4.69) is 25.9 Å². The molecule has 0 aliphatic heterocycles. The van der Waals surface area contributed by atoms with Crippen LogP contribution in [0.15, 0.2) is 35.5 Å². The predicted octanol–water partition coefficient (Wildman–Crippen LogP) is 3.30. The standard InChI is InChI=1S/C12H17NO/c1-12(2,3)9-11(13-14)10-7-5-4-6-8-10/h4-8,14H,9H2,1-3H3/b13-11+. The first kappa shape index (κ1) is 10.8. The van der Waals surface area contributed by atoms with Gasteiger partial charge in [0.15, 0.2) is 0 Å². The lowest BCUT2D eigenvalue weighted by Crippen LogP contribution is -2.14. The van der Waals surface area contributed by atoms with Crippen LogP contribution >= 0.6 is 0 Å². The van der Waals surface area contributed by atoms with Crippen LogP contribution < -0.4 is 0 Å². The number of rotatable bonds is 2. The number of hydrogen-bond donors (Lipinski definition) is 1. The van der Waals surface area contributed by atoms with Gasteiger partial charge in [0.25, 0.3) is 0 Å². The molecule has 0 aliphatic rings. The van der Waals surface area contributed by atoms with Gasteiger partial charge in [-0.1, -0.05) is 56.3 Å². The molecule has 0 amide bonds. The summed E-state index contributed by atoms with van der Waals surface area (Å²) in [5.74, 6) is 0. The van der Waals surface area contributed by atoms with Crippen LogP contribution in [-0.2, 0) is 0 Å². The van der Waals surface area contributed by atoms with Crippen molar-refractivity contribution in [1.82, 2.24) is 0 Å². The summed E-state index contributed by atoms with van der Waals surface area (Å²) in [7, 11) is 0. The number of benzene rings is 1. The quantitative estimate of drug-likeness (QED) is 0.434. The average Bonchev–Trinajstić information content (AvgIpc) is 2.14. The zero-order chi connectivity index (χ0) is 10.6. The molecule has 2 heteroatoms. The van der Waals surface area contributed by atoms with Gasteiger partial charge in [0.05, 0.1) is 5.71 Å². The third kappa shape index (κ3) is 3.21. The molecule has 2 nitrogen and oxygen atoms in total. The molecule has 1 aromatic carbocycles. The Hall–Kier alpha value is -1.31. The number of hydrogen-bond acceptors (Lipinski definition) is 2. The molecule has 1 N–H and O–H groups in total. The van der Waals surface area contributed by atoms with Crippen molar-refractivity contribution in [2.75, 3.05) is 0 Å². The summed E-state index contributed by atoms with van der Waals surface area (Å²) in [6, 6.07) is 9.77. The van der Waals surface area contributed by atoms with E-state index in [1.807, 2.05) is 30.3 Å². The normalized spacial score (nSPS) is 12.9. The smallest absolute Gasteiger partial charge is 0.0873 e. The van der Waals surface area contributed by atoms with Crippen molar-refractivity contribution in [3.63, 3.8) is 0 Å². The van der Waals surface area contributed by atoms with Crippen molar-refractivity contribution in [2.45, 2.75) is 27.2 Å². The fourth-order valence-electron chi connectivity index (χ4n) is 1.33. The monoisotopic (exact) mass is 191 g/mol. The maximum atomic E-state index is 8.93. The lowest BCUT2D eigenvalue weighted by atomic mass is 9.87. The fraction of sp³-hybridized carbons (Fsp3) is 0.417. The van der Waals surface area contributed by atoms with E-state index >= 15 is 0 Å². The van der Waals surface area contributed by atoms with Gasteiger partial charge in [0.2, 0.25) is 0 Å². The van der Waals surface area contributed by atoms with Crippen molar-refractivity contribution < 1.29 is 5.21 Å². The van der Waals surface area contributed by atoms with Crippen LogP contribution in [0.25, 0.3) is 0 Å².